The number of nitrogens with one attached hydrogen (secondary N) is 1. The minimum atomic E-state index is 0.324. The predicted octanol–water partition coefficient (Wildman–Crippen LogP) is 2.00. The van der Waals surface area contributed by atoms with Gasteiger partial charge in [0.15, 0.2) is 0 Å². The average Bonchev–Trinajstić information content (AvgIpc) is 2.82. The molecule has 2 aromatic rings. The summed E-state index contributed by atoms with van der Waals surface area (Å²) in [4.78, 5) is 5.81. The average molecular weight is 250 g/mol. The standard InChI is InChI=1S/C12H18N4S/c1-8-12(17-9(2)15-8)11(13-3)5-10-6-14-16(4)7-10/h6-7,11,13H,5H2,1-4H3. The molecular weight excluding hydrogens is 232 g/mol. The molecule has 0 saturated heterocycles. The van der Waals surface area contributed by atoms with E-state index in [1.807, 2.05) is 25.0 Å². The second kappa shape index (κ2) is 4.98. The lowest BCUT2D eigenvalue weighted by Crippen LogP contribution is -2.18. The Morgan fingerprint density at radius 1 is 1.47 bits per heavy atom. The number of nitrogens with zero attached hydrogens (tertiary/aromatic N) is 3. The molecule has 0 aromatic carbocycles. The van der Waals surface area contributed by atoms with Crippen LogP contribution in [0.5, 0.6) is 0 Å². The monoisotopic (exact) mass is 250 g/mol. The zero-order valence-corrected chi connectivity index (χ0v) is 11.5. The smallest absolute Gasteiger partial charge is 0.0900 e. The topological polar surface area (TPSA) is 42.7 Å². The molecule has 0 radical (unpaired) electrons. The lowest BCUT2D eigenvalue weighted by molar-refractivity contribution is 0.597. The van der Waals surface area contributed by atoms with Gasteiger partial charge in [-0.15, -0.1) is 11.3 Å². The molecular formula is C12H18N4S. The van der Waals surface area contributed by atoms with Crippen LogP contribution in [0.2, 0.25) is 0 Å². The summed E-state index contributed by atoms with van der Waals surface area (Å²) in [6.45, 7) is 4.13. The molecule has 2 heterocycles. The molecule has 0 aliphatic carbocycles. The van der Waals surface area contributed by atoms with E-state index in [4.69, 9.17) is 0 Å². The SMILES string of the molecule is CNC(Cc1cnn(C)c1)c1sc(C)nc1C. The highest BCUT2D eigenvalue weighted by Crippen LogP contribution is 2.27. The van der Waals surface area contributed by atoms with E-state index in [9.17, 15) is 0 Å². The van der Waals surface area contributed by atoms with Crippen LogP contribution in [0.1, 0.15) is 27.2 Å². The quantitative estimate of drug-likeness (QED) is 0.902. The highest BCUT2D eigenvalue weighted by molar-refractivity contribution is 7.11. The Hall–Kier alpha value is -1.20. The van der Waals surface area contributed by atoms with E-state index in [1.165, 1.54) is 10.4 Å². The first-order valence-electron chi connectivity index (χ1n) is 5.69. The van der Waals surface area contributed by atoms with Crippen molar-refractivity contribution in [1.82, 2.24) is 20.1 Å². The Bertz CT molecular complexity index is 500. The second-order valence-electron chi connectivity index (χ2n) is 4.25. The first kappa shape index (κ1) is 12.3. The number of likely N-dealkylation sites (N-methyl/N-ethyl adjacent to an activating group) is 1. The van der Waals surface area contributed by atoms with Crippen molar-refractivity contribution in [2.45, 2.75) is 26.3 Å². The third kappa shape index (κ3) is 2.73. The Kier molecular flexibility index (Phi) is 3.59. The van der Waals surface area contributed by atoms with Gasteiger partial charge in [0.25, 0.3) is 0 Å². The lowest BCUT2D eigenvalue weighted by atomic mass is 10.1. The van der Waals surface area contributed by atoms with Crippen LogP contribution in [0, 0.1) is 13.8 Å². The summed E-state index contributed by atoms with van der Waals surface area (Å²) < 4.78 is 1.84. The molecule has 0 saturated carbocycles. The molecule has 5 heteroatoms. The third-order valence-corrected chi connectivity index (χ3v) is 3.99. The maximum Gasteiger partial charge on any atom is 0.0900 e. The first-order chi connectivity index (χ1) is 8.10. The first-order valence-corrected chi connectivity index (χ1v) is 6.50. The highest BCUT2D eigenvalue weighted by atomic mass is 32.1. The van der Waals surface area contributed by atoms with E-state index in [2.05, 4.69) is 35.4 Å². The van der Waals surface area contributed by atoms with Crippen molar-refractivity contribution >= 4 is 11.3 Å². The maximum absolute atomic E-state index is 4.48. The molecule has 1 unspecified atom stereocenters. The zero-order valence-electron chi connectivity index (χ0n) is 10.7. The van der Waals surface area contributed by atoms with Crippen LogP contribution in [0.15, 0.2) is 12.4 Å². The van der Waals surface area contributed by atoms with Gasteiger partial charge in [0, 0.05) is 24.2 Å². The lowest BCUT2D eigenvalue weighted by Gasteiger charge is -2.13. The van der Waals surface area contributed by atoms with Gasteiger partial charge in [-0.25, -0.2) is 4.98 Å². The highest BCUT2D eigenvalue weighted by Gasteiger charge is 2.16. The molecule has 1 N–H and O–H groups in total. The molecule has 17 heavy (non-hydrogen) atoms. The van der Waals surface area contributed by atoms with Crippen molar-refractivity contribution in [3.8, 4) is 0 Å². The Morgan fingerprint density at radius 2 is 2.24 bits per heavy atom. The van der Waals surface area contributed by atoms with Gasteiger partial charge in [-0.2, -0.15) is 5.10 Å². The van der Waals surface area contributed by atoms with E-state index in [-0.39, 0.29) is 0 Å². The van der Waals surface area contributed by atoms with Crippen LogP contribution in [-0.2, 0) is 13.5 Å². The number of hydrogen-bond donors (Lipinski definition) is 1. The van der Waals surface area contributed by atoms with Crippen LogP contribution in [0.3, 0.4) is 0 Å². The van der Waals surface area contributed by atoms with E-state index < -0.39 is 0 Å². The fourth-order valence-corrected chi connectivity index (χ4v) is 3.05. The van der Waals surface area contributed by atoms with Gasteiger partial charge in [-0.1, -0.05) is 0 Å². The van der Waals surface area contributed by atoms with Crippen molar-refractivity contribution < 1.29 is 0 Å². The molecule has 2 rings (SSSR count). The Morgan fingerprint density at radius 3 is 2.71 bits per heavy atom. The largest absolute Gasteiger partial charge is 0.312 e. The van der Waals surface area contributed by atoms with Gasteiger partial charge < -0.3 is 5.32 Å². The van der Waals surface area contributed by atoms with Gasteiger partial charge in [0.2, 0.25) is 0 Å². The van der Waals surface area contributed by atoms with Crippen molar-refractivity contribution in [1.29, 1.82) is 0 Å². The van der Waals surface area contributed by atoms with Gasteiger partial charge in [-0.3, -0.25) is 4.68 Å². The minimum Gasteiger partial charge on any atom is -0.312 e. The summed E-state index contributed by atoms with van der Waals surface area (Å²) in [5.41, 5.74) is 2.38. The molecule has 0 amide bonds. The van der Waals surface area contributed by atoms with Crippen molar-refractivity contribution in [3.63, 3.8) is 0 Å². The summed E-state index contributed by atoms with van der Waals surface area (Å²) in [6, 6.07) is 0.324. The second-order valence-corrected chi connectivity index (χ2v) is 5.48. The molecule has 1 atom stereocenters. The Labute approximate surface area is 106 Å². The van der Waals surface area contributed by atoms with Crippen LogP contribution in [-0.4, -0.2) is 21.8 Å². The summed E-state index contributed by atoms with van der Waals surface area (Å²) in [6.07, 6.45) is 4.94. The Balaban J connectivity index is 2.19. The summed E-state index contributed by atoms with van der Waals surface area (Å²) >= 11 is 1.77. The molecule has 0 bridgehead atoms. The zero-order chi connectivity index (χ0) is 12.4. The number of thiazole rings is 1. The van der Waals surface area contributed by atoms with Crippen molar-refractivity contribution in [2.75, 3.05) is 7.05 Å². The number of hydrogen-bond acceptors (Lipinski definition) is 4. The summed E-state index contributed by atoms with van der Waals surface area (Å²) in [5, 5.41) is 8.69. The minimum absolute atomic E-state index is 0.324. The van der Waals surface area contributed by atoms with E-state index in [0.717, 1.165) is 17.1 Å². The van der Waals surface area contributed by atoms with Gasteiger partial charge >= 0.3 is 0 Å². The third-order valence-electron chi connectivity index (χ3n) is 2.80. The van der Waals surface area contributed by atoms with Gasteiger partial charge in [0.1, 0.15) is 0 Å². The van der Waals surface area contributed by atoms with E-state index in [0.29, 0.717) is 6.04 Å². The van der Waals surface area contributed by atoms with Gasteiger partial charge in [-0.05, 0) is 32.9 Å². The summed E-state index contributed by atoms with van der Waals surface area (Å²) in [7, 11) is 3.94. The van der Waals surface area contributed by atoms with Crippen LogP contribution >= 0.6 is 11.3 Å². The molecule has 92 valence electrons. The number of rotatable bonds is 4. The number of aromatic nitrogens is 3. The van der Waals surface area contributed by atoms with E-state index >= 15 is 0 Å². The molecule has 0 spiro atoms. The van der Waals surface area contributed by atoms with Crippen molar-refractivity contribution in [3.05, 3.63) is 33.5 Å². The maximum atomic E-state index is 4.48. The summed E-state index contributed by atoms with van der Waals surface area (Å²) in [5.74, 6) is 0. The van der Waals surface area contributed by atoms with Crippen LogP contribution in [0.4, 0.5) is 0 Å². The molecule has 0 fully saturated rings. The molecule has 0 aliphatic rings. The predicted molar refractivity (Wildman–Crippen MR) is 70.3 cm³/mol. The van der Waals surface area contributed by atoms with Crippen LogP contribution < -0.4 is 5.32 Å². The number of aryl methyl sites for hydroxylation is 3. The van der Waals surface area contributed by atoms with Crippen LogP contribution in [0.25, 0.3) is 0 Å². The normalized spacial score (nSPS) is 12.9. The molecule has 4 nitrogen and oxygen atoms in total. The fourth-order valence-electron chi connectivity index (χ4n) is 2.01. The van der Waals surface area contributed by atoms with Gasteiger partial charge in [0.05, 0.1) is 16.9 Å². The molecule has 2 aromatic heterocycles. The van der Waals surface area contributed by atoms with E-state index in [1.54, 1.807) is 11.3 Å². The molecule has 0 aliphatic heterocycles. The van der Waals surface area contributed by atoms with Crippen molar-refractivity contribution in [2.24, 2.45) is 7.05 Å². The fraction of sp³-hybridized carbons (Fsp3) is 0.500.